The van der Waals surface area contributed by atoms with E-state index < -0.39 is 40.4 Å². The van der Waals surface area contributed by atoms with Gasteiger partial charge in [0.1, 0.15) is 17.9 Å². The SMILES string of the molecule is C[C@@H]1C[C@H]2[C@@H]3CC=C4CC(=O)C=C[C@]4(C)[C@@]3(F)[C@@H](C)C[C@]2(C)[C@@]1(O)C(=O)CO. The van der Waals surface area contributed by atoms with E-state index in [1.807, 2.05) is 33.8 Å². The van der Waals surface area contributed by atoms with Gasteiger partial charge in [-0.2, -0.15) is 0 Å². The van der Waals surface area contributed by atoms with Crippen molar-refractivity contribution in [3.8, 4) is 0 Å². The molecule has 5 heteroatoms. The van der Waals surface area contributed by atoms with Crippen molar-refractivity contribution in [2.24, 2.45) is 34.5 Å². The number of ketones is 2. The number of alkyl halides is 1. The Balaban J connectivity index is 1.85. The normalized spacial score (nSPS) is 52.5. The maximum Gasteiger partial charge on any atom is 0.190 e. The molecule has 0 aromatic heterocycles. The highest BCUT2D eigenvalue weighted by molar-refractivity contribution is 5.93. The molecule has 0 bridgehead atoms. The molecule has 2 fully saturated rings. The van der Waals surface area contributed by atoms with Gasteiger partial charge in [0.25, 0.3) is 0 Å². The Morgan fingerprint density at radius 2 is 1.93 bits per heavy atom. The van der Waals surface area contributed by atoms with Crippen LogP contribution in [0.5, 0.6) is 0 Å². The van der Waals surface area contributed by atoms with Crippen molar-refractivity contribution in [1.82, 2.24) is 0 Å². The van der Waals surface area contributed by atoms with Crippen LogP contribution in [0.25, 0.3) is 0 Å². The quantitative estimate of drug-likeness (QED) is 0.710. The highest BCUT2D eigenvalue weighted by Gasteiger charge is 2.74. The molecule has 0 aromatic carbocycles. The minimum absolute atomic E-state index is 0.0106. The third-order valence-corrected chi connectivity index (χ3v) is 9.10. The lowest BCUT2D eigenvalue weighted by Gasteiger charge is -2.62. The van der Waals surface area contributed by atoms with Gasteiger partial charge < -0.3 is 10.2 Å². The zero-order valence-electron chi connectivity index (χ0n) is 17.2. The number of carbonyl (C=O) groups excluding carboxylic acids is 2. The number of carbonyl (C=O) groups is 2. The number of hydrogen-bond acceptors (Lipinski definition) is 4. The van der Waals surface area contributed by atoms with Crippen molar-refractivity contribution in [1.29, 1.82) is 0 Å². The molecule has 0 amide bonds. The average Bonchev–Trinajstić information content (AvgIpc) is 2.84. The maximum absolute atomic E-state index is 17.1. The molecule has 0 aliphatic heterocycles. The molecule has 2 N–H and O–H groups in total. The van der Waals surface area contributed by atoms with Crippen LogP contribution in [-0.2, 0) is 9.59 Å². The largest absolute Gasteiger partial charge is 0.388 e. The van der Waals surface area contributed by atoms with E-state index in [0.29, 0.717) is 19.3 Å². The van der Waals surface area contributed by atoms with Gasteiger partial charge in [0, 0.05) is 23.2 Å². The van der Waals surface area contributed by atoms with Gasteiger partial charge in [0.2, 0.25) is 0 Å². The van der Waals surface area contributed by atoms with Crippen LogP contribution in [0.2, 0.25) is 0 Å². The second-order valence-corrected chi connectivity index (χ2v) is 10.1. The number of hydrogen-bond donors (Lipinski definition) is 2. The number of Topliss-reactive ketones (excluding diaryl/α,β-unsaturated/α-hetero) is 1. The van der Waals surface area contributed by atoms with Crippen molar-refractivity contribution < 1.29 is 24.2 Å². The van der Waals surface area contributed by atoms with Crippen molar-refractivity contribution in [3.05, 3.63) is 23.8 Å². The fourth-order valence-electron chi connectivity index (χ4n) is 7.69. The lowest BCUT2D eigenvalue weighted by Crippen LogP contribution is -2.66. The van der Waals surface area contributed by atoms with Gasteiger partial charge in [-0.3, -0.25) is 9.59 Å². The van der Waals surface area contributed by atoms with Gasteiger partial charge in [-0.1, -0.05) is 38.5 Å². The van der Waals surface area contributed by atoms with Gasteiger partial charge in [-0.05, 0) is 50.0 Å². The Labute approximate surface area is 165 Å². The Hall–Kier alpha value is -1.33. The highest BCUT2D eigenvalue weighted by Crippen LogP contribution is 2.71. The van der Waals surface area contributed by atoms with E-state index in [0.717, 1.165) is 5.57 Å². The van der Waals surface area contributed by atoms with E-state index in [9.17, 15) is 19.8 Å². The summed E-state index contributed by atoms with van der Waals surface area (Å²) in [6.45, 7) is 6.82. The van der Waals surface area contributed by atoms with Crippen LogP contribution in [-0.4, -0.2) is 39.7 Å². The summed E-state index contributed by atoms with van der Waals surface area (Å²) >= 11 is 0. The monoisotopic (exact) mass is 390 g/mol. The van der Waals surface area contributed by atoms with E-state index in [4.69, 9.17) is 0 Å². The number of aliphatic hydroxyl groups excluding tert-OH is 1. The molecule has 4 nitrogen and oxygen atoms in total. The van der Waals surface area contributed by atoms with Gasteiger partial charge in [0.15, 0.2) is 11.6 Å². The summed E-state index contributed by atoms with van der Waals surface area (Å²) in [7, 11) is 0. The molecule has 0 aromatic rings. The number of rotatable bonds is 2. The lowest BCUT2D eigenvalue weighted by molar-refractivity contribution is -0.195. The third-order valence-electron chi connectivity index (χ3n) is 9.10. The minimum Gasteiger partial charge on any atom is -0.388 e. The summed E-state index contributed by atoms with van der Waals surface area (Å²) in [5.41, 5.74) is -3.92. The van der Waals surface area contributed by atoms with Crippen LogP contribution in [0.4, 0.5) is 4.39 Å². The molecule has 0 spiro atoms. The van der Waals surface area contributed by atoms with Gasteiger partial charge >= 0.3 is 0 Å². The molecular weight excluding hydrogens is 359 g/mol. The Morgan fingerprint density at radius 1 is 1.25 bits per heavy atom. The van der Waals surface area contributed by atoms with E-state index >= 15 is 4.39 Å². The van der Waals surface area contributed by atoms with Crippen LogP contribution >= 0.6 is 0 Å². The summed E-state index contributed by atoms with van der Waals surface area (Å²) in [5.74, 6) is -1.77. The highest BCUT2D eigenvalue weighted by atomic mass is 19.1. The molecule has 0 radical (unpaired) electrons. The molecule has 154 valence electrons. The summed E-state index contributed by atoms with van der Waals surface area (Å²) in [6.07, 6.45) is 7.01. The van der Waals surface area contributed by atoms with Crippen LogP contribution in [0, 0.1) is 34.5 Å². The zero-order chi connectivity index (χ0) is 20.7. The van der Waals surface area contributed by atoms with Gasteiger partial charge in [-0.15, -0.1) is 0 Å². The van der Waals surface area contributed by atoms with Crippen LogP contribution in [0.15, 0.2) is 23.8 Å². The van der Waals surface area contributed by atoms with Crippen LogP contribution in [0.3, 0.4) is 0 Å². The summed E-state index contributed by atoms with van der Waals surface area (Å²) in [5, 5.41) is 21.0. The first-order chi connectivity index (χ1) is 13.0. The topological polar surface area (TPSA) is 74.6 Å². The fraction of sp³-hybridized carbons (Fsp3) is 0.739. The van der Waals surface area contributed by atoms with Crippen molar-refractivity contribution >= 4 is 11.6 Å². The van der Waals surface area contributed by atoms with E-state index in [1.54, 1.807) is 6.08 Å². The zero-order valence-corrected chi connectivity index (χ0v) is 17.2. The standard InChI is InChI=1S/C23H31FO4/c1-13-9-18-17-6-5-15-10-16(26)7-8-20(15,3)22(17,24)14(2)11-21(18,4)23(13,28)19(27)12-25/h5,7-8,13-14,17-18,25,28H,6,9-12H2,1-4H3/t13-,14+,17+,18+,20+,21+,22-,23+/m1/s1. The predicted molar refractivity (Wildman–Crippen MR) is 103 cm³/mol. The number of aliphatic hydroxyl groups is 2. The Morgan fingerprint density at radius 3 is 2.57 bits per heavy atom. The maximum atomic E-state index is 17.1. The van der Waals surface area contributed by atoms with E-state index in [1.165, 1.54) is 6.08 Å². The molecule has 8 atom stereocenters. The fourth-order valence-corrected chi connectivity index (χ4v) is 7.69. The number of halogens is 1. The van der Waals surface area contributed by atoms with Gasteiger partial charge in [-0.25, -0.2) is 4.39 Å². The molecule has 2 saturated carbocycles. The first-order valence-electron chi connectivity index (χ1n) is 10.4. The second-order valence-electron chi connectivity index (χ2n) is 10.1. The van der Waals surface area contributed by atoms with Crippen molar-refractivity contribution in [2.75, 3.05) is 6.61 Å². The van der Waals surface area contributed by atoms with Crippen LogP contribution < -0.4 is 0 Å². The third kappa shape index (κ3) is 2.02. The molecule has 0 saturated heterocycles. The predicted octanol–water partition coefficient (Wildman–Crippen LogP) is 3.17. The first-order valence-corrected chi connectivity index (χ1v) is 10.4. The molecule has 4 aliphatic rings. The minimum atomic E-state index is -1.63. The molecule has 0 heterocycles. The first kappa shape index (κ1) is 20.0. The molecule has 0 unspecified atom stereocenters. The second kappa shape index (κ2) is 5.85. The average molecular weight is 390 g/mol. The van der Waals surface area contributed by atoms with Gasteiger partial charge in [0.05, 0.1) is 0 Å². The molecular formula is C23H31FO4. The Bertz CT molecular complexity index is 802. The number of fused-ring (bicyclic) bond motifs is 5. The molecule has 28 heavy (non-hydrogen) atoms. The molecule has 4 rings (SSSR count). The molecule has 4 aliphatic carbocycles. The summed E-state index contributed by atoms with van der Waals surface area (Å²) < 4.78 is 17.1. The lowest BCUT2D eigenvalue weighted by atomic mass is 9.43. The summed E-state index contributed by atoms with van der Waals surface area (Å²) in [6, 6.07) is 0. The number of allylic oxidation sites excluding steroid dienone is 4. The van der Waals surface area contributed by atoms with Crippen LogP contribution in [0.1, 0.15) is 53.4 Å². The summed E-state index contributed by atoms with van der Waals surface area (Å²) in [4.78, 5) is 24.6. The smallest absolute Gasteiger partial charge is 0.190 e. The van der Waals surface area contributed by atoms with E-state index in [-0.39, 0.29) is 30.0 Å². The van der Waals surface area contributed by atoms with Crippen molar-refractivity contribution in [3.63, 3.8) is 0 Å². The Kier molecular flexibility index (Phi) is 4.17. The van der Waals surface area contributed by atoms with Crippen molar-refractivity contribution in [2.45, 2.75) is 64.6 Å². The van der Waals surface area contributed by atoms with E-state index in [2.05, 4.69) is 0 Å².